The molecule has 2 bridgehead atoms. The van der Waals surface area contributed by atoms with E-state index in [1.807, 2.05) is 0 Å². The van der Waals surface area contributed by atoms with Crippen molar-refractivity contribution in [1.29, 1.82) is 0 Å². The zero-order valence-electron chi connectivity index (χ0n) is 8.14. The normalized spacial score (nSPS) is 36.8. The molecule has 0 N–H and O–H groups in total. The van der Waals surface area contributed by atoms with Crippen LogP contribution in [0, 0.1) is 22.8 Å². The van der Waals surface area contributed by atoms with E-state index in [1.54, 1.807) is 0 Å². The molecule has 4 atom stereocenters. The van der Waals surface area contributed by atoms with Crippen LogP contribution in [0.4, 0.5) is 0 Å². The Balaban J connectivity index is 0.00000112. The van der Waals surface area contributed by atoms with Crippen LogP contribution in [0.25, 0.3) is 0 Å². The summed E-state index contributed by atoms with van der Waals surface area (Å²) in [5, 5.41) is 3.09. The molecule has 0 aromatic carbocycles. The van der Waals surface area contributed by atoms with Gasteiger partial charge in [-0.3, -0.25) is 11.4 Å². The molecule has 0 spiro atoms. The first kappa shape index (κ1) is 12.5. The van der Waals surface area contributed by atoms with Crippen LogP contribution >= 0.6 is 0 Å². The molecule has 0 amide bonds. The van der Waals surface area contributed by atoms with E-state index in [1.165, 1.54) is 0 Å². The second-order valence-corrected chi connectivity index (χ2v) is 4.02. The third-order valence-electron chi connectivity index (χ3n) is 3.29. The summed E-state index contributed by atoms with van der Waals surface area (Å²) in [6, 6.07) is -0.0531. The Bertz CT molecular complexity index is 282. The number of rotatable bonds is 3. The van der Waals surface area contributed by atoms with Crippen molar-refractivity contribution in [2.75, 3.05) is 0 Å². The topological polar surface area (TPSA) is 55.7 Å². The molecule has 4 nitrogen and oxygen atoms in total. The van der Waals surface area contributed by atoms with E-state index in [0.29, 0.717) is 11.8 Å². The minimum Gasteiger partial charge on any atom is -0.486 e. The fourth-order valence-corrected chi connectivity index (χ4v) is 2.65. The van der Waals surface area contributed by atoms with Crippen molar-refractivity contribution in [3.63, 3.8) is 0 Å². The zero-order chi connectivity index (χ0) is 10.1. The van der Waals surface area contributed by atoms with E-state index < -0.39 is 5.97 Å². The summed E-state index contributed by atoms with van der Waals surface area (Å²) in [5.74, 6) is 0.151. The molecule has 5 heteroatoms. The average molecular weight is 297 g/mol. The molecule has 85 valence electrons. The minimum atomic E-state index is -0.488. The van der Waals surface area contributed by atoms with E-state index >= 15 is 0 Å². The predicted molar refractivity (Wildman–Crippen MR) is 49.2 cm³/mol. The number of carbonyl (C=O) groups is 1. The Labute approximate surface area is 101 Å². The molecule has 4 unspecified atom stereocenters. The maximum absolute atomic E-state index is 10.9. The van der Waals surface area contributed by atoms with E-state index in [-0.39, 0.29) is 31.6 Å². The molecule has 2 fully saturated rings. The first-order valence-electron chi connectivity index (χ1n) is 4.80. The summed E-state index contributed by atoms with van der Waals surface area (Å²) in [4.78, 5) is 21.3. The van der Waals surface area contributed by atoms with Crippen LogP contribution < -0.4 is 0 Å². The van der Waals surface area contributed by atoms with Crippen LogP contribution in [0.15, 0.2) is 11.8 Å². The molecule has 0 heterocycles. The average Bonchev–Trinajstić information content (AvgIpc) is 2.75. The molecule has 15 heavy (non-hydrogen) atoms. The van der Waals surface area contributed by atoms with Gasteiger partial charge >= 0.3 is 0 Å². The van der Waals surface area contributed by atoms with Gasteiger partial charge in [-0.05, 0) is 31.1 Å². The number of ether oxygens (including phenoxy) is 1. The monoisotopic (exact) mass is 297 g/mol. The second kappa shape index (κ2) is 4.97. The maximum Gasteiger partial charge on any atom is 0.147 e. The van der Waals surface area contributed by atoms with Crippen LogP contribution in [-0.4, -0.2) is 18.1 Å². The zero-order valence-corrected chi connectivity index (χ0v) is 9.78. The molecule has 0 aliphatic heterocycles. The molecule has 1 radical (unpaired) electrons. The molecular formula is C10H12NO3Rh-. The number of hydrogen-bond acceptors (Lipinski definition) is 4. The Morgan fingerprint density at radius 2 is 2.07 bits per heavy atom. The predicted octanol–water partition coefficient (Wildman–Crippen LogP) is 1.45. The first-order valence-corrected chi connectivity index (χ1v) is 4.80. The number of esters is 1. The van der Waals surface area contributed by atoms with Crippen molar-refractivity contribution >= 4 is 5.97 Å². The molecule has 2 aliphatic rings. The Morgan fingerprint density at radius 1 is 1.33 bits per heavy atom. The number of fused-ring (bicyclic) bond motifs is 2. The Kier molecular flexibility index (Phi) is 4.15. The van der Waals surface area contributed by atoms with Crippen LogP contribution in [-0.2, 0) is 29.0 Å². The quantitative estimate of drug-likeness (QED) is 0.260. The summed E-state index contributed by atoms with van der Waals surface area (Å²) < 4.78 is 5.13. The van der Waals surface area contributed by atoms with Crippen LogP contribution in [0.3, 0.4) is 0 Å². The van der Waals surface area contributed by atoms with Gasteiger partial charge in [-0.2, -0.15) is 4.91 Å². The summed E-state index contributed by atoms with van der Waals surface area (Å²) in [5.41, 5.74) is 0. The van der Waals surface area contributed by atoms with Gasteiger partial charge in [0, 0.05) is 19.5 Å². The third-order valence-corrected chi connectivity index (χ3v) is 3.29. The fourth-order valence-electron chi connectivity index (χ4n) is 2.65. The maximum atomic E-state index is 10.9. The van der Waals surface area contributed by atoms with Crippen molar-refractivity contribution in [2.24, 2.45) is 17.0 Å². The van der Waals surface area contributed by atoms with Crippen molar-refractivity contribution in [3.05, 3.63) is 17.6 Å². The molecule has 0 aromatic rings. The van der Waals surface area contributed by atoms with Gasteiger partial charge in [-0.15, -0.1) is 0 Å². The van der Waals surface area contributed by atoms with E-state index in [0.717, 1.165) is 19.3 Å². The second-order valence-electron chi connectivity index (χ2n) is 4.02. The number of nitrogens with zero attached hydrogens (tertiary/aromatic N) is 1. The van der Waals surface area contributed by atoms with Gasteiger partial charge in [0.25, 0.3) is 0 Å². The van der Waals surface area contributed by atoms with Crippen LogP contribution in [0.1, 0.15) is 19.3 Å². The molecule has 2 saturated carbocycles. The van der Waals surface area contributed by atoms with E-state index in [4.69, 9.17) is 4.74 Å². The van der Waals surface area contributed by atoms with E-state index in [9.17, 15) is 9.70 Å². The van der Waals surface area contributed by atoms with Crippen molar-refractivity contribution in [3.8, 4) is 0 Å². The summed E-state index contributed by atoms with van der Waals surface area (Å²) in [6.45, 7) is 3.23. The van der Waals surface area contributed by atoms with Gasteiger partial charge in [0.2, 0.25) is 0 Å². The van der Waals surface area contributed by atoms with Gasteiger partial charge in [-0.1, -0.05) is 5.18 Å². The standard InChI is InChI=1S/C10H12NO3.Rh/c1-2-10(12)14-9-5-6-3-7(9)4-8(6)11-13;/h6-9H,1,3-5H2;/q-1;. The third kappa shape index (κ3) is 2.33. The minimum absolute atomic E-state index is 0. The van der Waals surface area contributed by atoms with Gasteiger partial charge in [0.05, 0.1) is 6.04 Å². The molecule has 2 aliphatic carbocycles. The van der Waals surface area contributed by atoms with Crippen molar-refractivity contribution in [2.45, 2.75) is 31.4 Å². The summed E-state index contributed by atoms with van der Waals surface area (Å²) in [6.07, 6.45) is 4.64. The van der Waals surface area contributed by atoms with Crippen LogP contribution in [0.2, 0.25) is 0 Å². The van der Waals surface area contributed by atoms with Crippen molar-refractivity contribution < 1.29 is 29.0 Å². The number of nitroso groups, excluding NO2 is 1. The SMILES string of the molecule is C=[C-]C(=O)OC1CC2CC1CC2N=O.[Rh]. The molecule has 0 aromatic heterocycles. The van der Waals surface area contributed by atoms with Gasteiger partial charge in [0.15, 0.2) is 0 Å². The number of carbonyl (C=O) groups excluding carboxylic acids is 1. The van der Waals surface area contributed by atoms with Crippen molar-refractivity contribution in [1.82, 2.24) is 0 Å². The van der Waals surface area contributed by atoms with Gasteiger partial charge in [0.1, 0.15) is 12.1 Å². The van der Waals surface area contributed by atoms with Crippen LogP contribution in [0.5, 0.6) is 0 Å². The van der Waals surface area contributed by atoms with Gasteiger partial charge in [-0.25, -0.2) is 0 Å². The largest absolute Gasteiger partial charge is 0.486 e. The van der Waals surface area contributed by atoms with E-state index in [2.05, 4.69) is 17.8 Å². The van der Waals surface area contributed by atoms with Gasteiger partial charge < -0.3 is 10.8 Å². The smallest absolute Gasteiger partial charge is 0.147 e. The molecule has 0 saturated heterocycles. The molecular weight excluding hydrogens is 285 g/mol. The first-order chi connectivity index (χ1) is 6.74. The Hall–Kier alpha value is -0.567. The Morgan fingerprint density at radius 3 is 2.53 bits per heavy atom. The number of hydrogen-bond donors (Lipinski definition) is 0. The summed E-state index contributed by atoms with van der Waals surface area (Å²) >= 11 is 0. The fraction of sp³-hybridized carbons (Fsp3) is 0.700. The molecule has 2 rings (SSSR count). The summed E-state index contributed by atoms with van der Waals surface area (Å²) in [7, 11) is 0.